The normalized spacial score (nSPS) is 16.7. The molecule has 1 aliphatic heterocycles. The minimum Gasteiger partial charge on any atom is -0.496 e. The fourth-order valence-corrected chi connectivity index (χ4v) is 3.51. The SMILES string of the molecule is COC(=O)c1ccc(C2CC(=O)N(c3ccc(C)cc3C)C2)cc1OC. The third-order valence-electron chi connectivity index (χ3n) is 4.87. The number of hydrogen-bond acceptors (Lipinski definition) is 4. The van der Waals surface area contributed by atoms with Crippen molar-refractivity contribution in [2.45, 2.75) is 26.2 Å². The quantitative estimate of drug-likeness (QED) is 0.788. The molecule has 1 saturated heterocycles. The summed E-state index contributed by atoms with van der Waals surface area (Å²) in [5, 5.41) is 0. The van der Waals surface area contributed by atoms with E-state index in [0.29, 0.717) is 24.3 Å². The lowest BCUT2D eigenvalue weighted by atomic mass is 9.96. The Labute approximate surface area is 153 Å². The summed E-state index contributed by atoms with van der Waals surface area (Å²) in [6, 6.07) is 11.5. The van der Waals surface area contributed by atoms with Crippen molar-refractivity contribution in [3.8, 4) is 5.75 Å². The molecule has 0 spiro atoms. The van der Waals surface area contributed by atoms with E-state index in [0.717, 1.165) is 16.8 Å². The van der Waals surface area contributed by atoms with Gasteiger partial charge in [0, 0.05) is 24.6 Å². The highest BCUT2D eigenvalue weighted by Gasteiger charge is 2.33. The Morgan fingerprint density at radius 3 is 2.54 bits per heavy atom. The molecular formula is C21H23NO4. The van der Waals surface area contributed by atoms with Crippen LogP contribution in [0.1, 0.15) is 39.4 Å². The molecule has 0 saturated carbocycles. The standard InChI is InChI=1S/C21H23NO4/c1-13-5-8-18(14(2)9-13)22-12-16(11-20(22)23)15-6-7-17(21(24)26-4)19(10-15)25-3/h5-10,16H,11-12H2,1-4H3. The Bertz CT molecular complexity index is 859. The van der Waals surface area contributed by atoms with Gasteiger partial charge >= 0.3 is 5.97 Å². The smallest absolute Gasteiger partial charge is 0.341 e. The number of esters is 1. The first-order chi connectivity index (χ1) is 12.4. The van der Waals surface area contributed by atoms with Crippen molar-refractivity contribution in [3.05, 3.63) is 58.7 Å². The maximum atomic E-state index is 12.6. The van der Waals surface area contributed by atoms with Gasteiger partial charge in [0.25, 0.3) is 0 Å². The molecule has 0 radical (unpaired) electrons. The molecule has 136 valence electrons. The first-order valence-electron chi connectivity index (χ1n) is 8.58. The molecule has 1 unspecified atom stereocenters. The molecule has 5 heteroatoms. The van der Waals surface area contributed by atoms with Gasteiger partial charge in [0.1, 0.15) is 11.3 Å². The number of ether oxygens (including phenoxy) is 2. The first-order valence-corrected chi connectivity index (χ1v) is 8.58. The number of anilines is 1. The summed E-state index contributed by atoms with van der Waals surface area (Å²) in [7, 11) is 2.86. The highest BCUT2D eigenvalue weighted by molar-refractivity contribution is 5.97. The van der Waals surface area contributed by atoms with Crippen LogP contribution >= 0.6 is 0 Å². The molecular weight excluding hydrogens is 330 g/mol. The second kappa shape index (κ2) is 7.20. The number of nitrogens with zero attached hydrogens (tertiary/aromatic N) is 1. The van der Waals surface area contributed by atoms with Crippen molar-refractivity contribution >= 4 is 17.6 Å². The molecule has 1 fully saturated rings. The predicted molar refractivity (Wildman–Crippen MR) is 100.0 cm³/mol. The highest BCUT2D eigenvalue weighted by atomic mass is 16.5. The molecule has 0 N–H and O–H groups in total. The number of methoxy groups -OCH3 is 2. The van der Waals surface area contributed by atoms with Gasteiger partial charge in [0.15, 0.2) is 0 Å². The Balaban J connectivity index is 1.87. The van der Waals surface area contributed by atoms with Crippen LogP contribution in [-0.4, -0.2) is 32.6 Å². The lowest BCUT2D eigenvalue weighted by molar-refractivity contribution is -0.117. The minimum atomic E-state index is -0.437. The zero-order chi connectivity index (χ0) is 18.8. The molecule has 5 nitrogen and oxygen atoms in total. The van der Waals surface area contributed by atoms with Crippen LogP contribution in [0, 0.1) is 13.8 Å². The van der Waals surface area contributed by atoms with Gasteiger partial charge in [-0.3, -0.25) is 4.79 Å². The minimum absolute atomic E-state index is 0.0591. The number of rotatable bonds is 4. The van der Waals surface area contributed by atoms with E-state index < -0.39 is 5.97 Å². The maximum absolute atomic E-state index is 12.6. The van der Waals surface area contributed by atoms with Gasteiger partial charge in [0.05, 0.1) is 14.2 Å². The number of amides is 1. The van der Waals surface area contributed by atoms with Crippen LogP contribution in [0.15, 0.2) is 36.4 Å². The average Bonchev–Trinajstić information content (AvgIpc) is 3.02. The van der Waals surface area contributed by atoms with E-state index in [9.17, 15) is 9.59 Å². The van der Waals surface area contributed by atoms with E-state index in [1.165, 1.54) is 19.8 Å². The van der Waals surface area contributed by atoms with Crippen molar-refractivity contribution < 1.29 is 19.1 Å². The summed E-state index contributed by atoms with van der Waals surface area (Å²) in [5.74, 6) is 0.196. The molecule has 0 aliphatic carbocycles. The first kappa shape index (κ1) is 18.0. The Hall–Kier alpha value is -2.82. The summed E-state index contributed by atoms with van der Waals surface area (Å²) < 4.78 is 10.1. The monoisotopic (exact) mass is 353 g/mol. The summed E-state index contributed by atoms with van der Waals surface area (Å²) in [5.41, 5.74) is 4.60. The molecule has 3 rings (SSSR count). The van der Waals surface area contributed by atoms with Crippen molar-refractivity contribution in [3.63, 3.8) is 0 Å². The van der Waals surface area contributed by atoms with Gasteiger partial charge in [-0.25, -0.2) is 4.79 Å². The molecule has 1 atom stereocenters. The van der Waals surface area contributed by atoms with Gasteiger partial charge in [-0.1, -0.05) is 23.8 Å². The van der Waals surface area contributed by atoms with Crippen LogP contribution in [0.2, 0.25) is 0 Å². The zero-order valence-electron chi connectivity index (χ0n) is 15.5. The fraction of sp³-hybridized carbons (Fsp3) is 0.333. The second-order valence-corrected chi connectivity index (χ2v) is 6.65. The van der Waals surface area contributed by atoms with Crippen LogP contribution in [0.4, 0.5) is 5.69 Å². The predicted octanol–water partition coefficient (Wildman–Crippen LogP) is 3.62. The largest absolute Gasteiger partial charge is 0.496 e. The zero-order valence-corrected chi connectivity index (χ0v) is 15.5. The van der Waals surface area contributed by atoms with E-state index in [2.05, 4.69) is 6.07 Å². The van der Waals surface area contributed by atoms with Crippen LogP contribution in [0.5, 0.6) is 5.75 Å². The number of carbonyl (C=O) groups excluding carboxylic acids is 2. The highest BCUT2D eigenvalue weighted by Crippen LogP contribution is 2.35. The van der Waals surface area contributed by atoms with Crippen molar-refractivity contribution in [2.24, 2.45) is 0 Å². The molecule has 2 aromatic carbocycles. The van der Waals surface area contributed by atoms with Crippen molar-refractivity contribution in [2.75, 3.05) is 25.7 Å². The number of aryl methyl sites for hydroxylation is 2. The van der Waals surface area contributed by atoms with Gasteiger partial charge in [-0.15, -0.1) is 0 Å². The Morgan fingerprint density at radius 2 is 1.88 bits per heavy atom. The summed E-state index contributed by atoms with van der Waals surface area (Å²) in [6.07, 6.45) is 0.439. The van der Waals surface area contributed by atoms with Gasteiger partial charge in [-0.05, 0) is 43.2 Å². The summed E-state index contributed by atoms with van der Waals surface area (Å²) in [4.78, 5) is 26.3. The van der Waals surface area contributed by atoms with Crippen LogP contribution < -0.4 is 9.64 Å². The average molecular weight is 353 g/mol. The summed E-state index contributed by atoms with van der Waals surface area (Å²) >= 11 is 0. The Kier molecular flexibility index (Phi) is 4.98. The van der Waals surface area contributed by atoms with Crippen LogP contribution in [0.3, 0.4) is 0 Å². The van der Waals surface area contributed by atoms with Crippen LogP contribution in [0.25, 0.3) is 0 Å². The second-order valence-electron chi connectivity index (χ2n) is 6.65. The third-order valence-corrected chi connectivity index (χ3v) is 4.87. The lowest BCUT2D eigenvalue weighted by Crippen LogP contribution is -2.25. The molecule has 26 heavy (non-hydrogen) atoms. The number of carbonyl (C=O) groups is 2. The fourth-order valence-electron chi connectivity index (χ4n) is 3.51. The van der Waals surface area contributed by atoms with Crippen molar-refractivity contribution in [1.82, 2.24) is 0 Å². The third kappa shape index (κ3) is 3.29. The van der Waals surface area contributed by atoms with E-state index in [-0.39, 0.29) is 11.8 Å². The topological polar surface area (TPSA) is 55.8 Å². The summed E-state index contributed by atoms with van der Waals surface area (Å²) in [6.45, 7) is 4.68. The molecule has 2 aromatic rings. The lowest BCUT2D eigenvalue weighted by Gasteiger charge is -2.20. The van der Waals surface area contributed by atoms with E-state index in [1.54, 1.807) is 6.07 Å². The maximum Gasteiger partial charge on any atom is 0.341 e. The number of hydrogen-bond donors (Lipinski definition) is 0. The molecule has 1 amide bonds. The van der Waals surface area contributed by atoms with Gasteiger partial charge in [-0.2, -0.15) is 0 Å². The molecule has 0 bridgehead atoms. The van der Waals surface area contributed by atoms with E-state index >= 15 is 0 Å². The van der Waals surface area contributed by atoms with Gasteiger partial charge in [0.2, 0.25) is 5.91 Å². The van der Waals surface area contributed by atoms with E-state index in [1.807, 2.05) is 43.0 Å². The van der Waals surface area contributed by atoms with Crippen LogP contribution in [-0.2, 0) is 9.53 Å². The van der Waals surface area contributed by atoms with Gasteiger partial charge < -0.3 is 14.4 Å². The molecule has 1 heterocycles. The number of benzene rings is 2. The molecule has 1 aliphatic rings. The molecule has 0 aromatic heterocycles. The van der Waals surface area contributed by atoms with Crippen molar-refractivity contribution in [1.29, 1.82) is 0 Å². The Morgan fingerprint density at radius 1 is 1.12 bits per heavy atom. The van der Waals surface area contributed by atoms with E-state index in [4.69, 9.17) is 9.47 Å².